The third-order valence-corrected chi connectivity index (χ3v) is 4.06. The van der Waals surface area contributed by atoms with Gasteiger partial charge in [0.2, 0.25) is 0 Å². The molecule has 0 fully saturated rings. The average Bonchev–Trinajstić information content (AvgIpc) is 2.84. The first kappa shape index (κ1) is 14.0. The molecule has 0 radical (unpaired) electrons. The van der Waals surface area contributed by atoms with Gasteiger partial charge in [-0.2, -0.15) is 0 Å². The molecule has 0 saturated carbocycles. The third kappa shape index (κ3) is 2.75. The van der Waals surface area contributed by atoms with E-state index in [2.05, 4.69) is 5.32 Å². The van der Waals surface area contributed by atoms with Gasteiger partial charge in [-0.25, -0.2) is 0 Å². The van der Waals surface area contributed by atoms with E-state index >= 15 is 0 Å². The molecular formula is C16H12Cl2N2O. The van der Waals surface area contributed by atoms with E-state index in [0.717, 1.165) is 10.9 Å². The minimum absolute atomic E-state index is 0.181. The summed E-state index contributed by atoms with van der Waals surface area (Å²) in [6.45, 7) is 0. The molecule has 3 aromatic rings. The summed E-state index contributed by atoms with van der Waals surface area (Å²) in [6.07, 6.45) is 1.96. The predicted molar refractivity (Wildman–Crippen MR) is 87.3 cm³/mol. The first-order chi connectivity index (χ1) is 10.0. The molecule has 1 N–H and O–H groups in total. The second-order valence-corrected chi connectivity index (χ2v) is 5.60. The van der Waals surface area contributed by atoms with Gasteiger partial charge in [0.15, 0.2) is 0 Å². The van der Waals surface area contributed by atoms with Crippen LogP contribution < -0.4 is 5.32 Å². The fraction of sp³-hybridized carbons (Fsp3) is 0.0625. The minimum atomic E-state index is -0.181. The molecule has 0 bridgehead atoms. The number of fused-ring (bicyclic) bond motifs is 1. The highest BCUT2D eigenvalue weighted by Gasteiger charge is 2.09. The van der Waals surface area contributed by atoms with Gasteiger partial charge in [-0.3, -0.25) is 4.79 Å². The Labute approximate surface area is 132 Å². The van der Waals surface area contributed by atoms with Gasteiger partial charge in [0.05, 0.1) is 10.0 Å². The van der Waals surface area contributed by atoms with E-state index in [9.17, 15) is 4.79 Å². The molecule has 0 aliphatic rings. The monoisotopic (exact) mass is 318 g/mol. The van der Waals surface area contributed by atoms with Crippen molar-refractivity contribution in [2.24, 2.45) is 7.05 Å². The molecule has 0 aliphatic carbocycles. The average molecular weight is 319 g/mol. The Morgan fingerprint density at radius 3 is 2.62 bits per heavy atom. The van der Waals surface area contributed by atoms with Crippen molar-refractivity contribution in [3.05, 3.63) is 64.3 Å². The molecule has 0 spiro atoms. The number of halogens is 2. The largest absolute Gasteiger partial charge is 0.351 e. The highest BCUT2D eigenvalue weighted by Crippen LogP contribution is 2.25. The van der Waals surface area contributed by atoms with Crippen molar-refractivity contribution in [2.45, 2.75) is 0 Å². The SMILES string of the molecule is Cn1ccc2cc(C(=O)Nc3ccc(Cl)c(Cl)c3)ccc21. The number of benzene rings is 2. The number of hydrogen-bond donors (Lipinski definition) is 1. The molecular weight excluding hydrogens is 307 g/mol. The van der Waals surface area contributed by atoms with E-state index in [1.165, 1.54) is 0 Å². The summed E-state index contributed by atoms with van der Waals surface area (Å²) in [6, 6.07) is 12.6. The molecule has 1 amide bonds. The van der Waals surface area contributed by atoms with E-state index in [0.29, 0.717) is 21.3 Å². The zero-order valence-corrected chi connectivity index (χ0v) is 12.7. The van der Waals surface area contributed by atoms with Crippen molar-refractivity contribution in [1.82, 2.24) is 4.57 Å². The van der Waals surface area contributed by atoms with Crippen LogP contribution in [-0.4, -0.2) is 10.5 Å². The number of carbonyl (C=O) groups excluding carboxylic acids is 1. The van der Waals surface area contributed by atoms with Gasteiger partial charge in [0.1, 0.15) is 0 Å². The maximum Gasteiger partial charge on any atom is 0.255 e. The first-order valence-corrected chi connectivity index (χ1v) is 7.12. The quantitative estimate of drug-likeness (QED) is 0.727. The summed E-state index contributed by atoms with van der Waals surface area (Å²) in [5.74, 6) is -0.181. The summed E-state index contributed by atoms with van der Waals surface area (Å²) in [7, 11) is 1.97. The second kappa shape index (κ2) is 5.43. The van der Waals surface area contributed by atoms with Crippen molar-refractivity contribution in [3.8, 4) is 0 Å². The number of hydrogen-bond acceptors (Lipinski definition) is 1. The Kier molecular flexibility index (Phi) is 3.62. The van der Waals surface area contributed by atoms with E-state index in [4.69, 9.17) is 23.2 Å². The fourth-order valence-corrected chi connectivity index (χ4v) is 2.50. The smallest absolute Gasteiger partial charge is 0.255 e. The zero-order chi connectivity index (χ0) is 15.0. The van der Waals surface area contributed by atoms with Crippen LogP contribution in [0.4, 0.5) is 5.69 Å². The Morgan fingerprint density at radius 1 is 1.05 bits per heavy atom. The number of aryl methyl sites for hydroxylation is 1. The first-order valence-electron chi connectivity index (χ1n) is 6.36. The highest BCUT2D eigenvalue weighted by molar-refractivity contribution is 6.42. The van der Waals surface area contributed by atoms with Crippen molar-refractivity contribution in [3.63, 3.8) is 0 Å². The Bertz CT molecular complexity index is 839. The van der Waals surface area contributed by atoms with Crippen LogP contribution in [0.2, 0.25) is 10.0 Å². The van der Waals surface area contributed by atoms with Gasteiger partial charge >= 0.3 is 0 Å². The molecule has 0 aliphatic heterocycles. The molecule has 0 atom stereocenters. The summed E-state index contributed by atoms with van der Waals surface area (Å²) in [4.78, 5) is 12.3. The number of anilines is 1. The number of amides is 1. The molecule has 0 unspecified atom stereocenters. The molecule has 1 aromatic heterocycles. The lowest BCUT2D eigenvalue weighted by molar-refractivity contribution is 0.102. The molecule has 1 heterocycles. The van der Waals surface area contributed by atoms with Crippen LogP contribution in [-0.2, 0) is 7.05 Å². The van der Waals surface area contributed by atoms with Gasteiger partial charge in [0, 0.05) is 35.4 Å². The maximum absolute atomic E-state index is 12.3. The second-order valence-electron chi connectivity index (χ2n) is 4.78. The van der Waals surface area contributed by atoms with Crippen LogP contribution >= 0.6 is 23.2 Å². The summed E-state index contributed by atoms with van der Waals surface area (Å²) < 4.78 is 2.01. The summed E-state index contributed by atoms with van der Waals surface area (Å²) >= 11 is 11.8. The van der Waals surface area contributed by atoms with E-state index in [-0.39, 0.29) is 5.91 Å². The number of carbonyl (C=O) groups is 1. The van der Waals surface area contributed by atoms with Crippen LogP contribution in [0.25, 0.3) is 10.9 Å². The van der Waals surface area contributed by atoms with Gasteiger partial charge < -0.3 is 9.88 Å². The molecule has 2 aromatic carbocycles. The summed E-state index contributed by atoms with van der Waals surface area (Å²) in [5, 5.41) is 4.70. The fourth-order valence-electron chi connectivity index (χ4n) is 2.20. The molecule has 0 saturated heterocycles. The summed E-state index contributed by atoms with van der Waals surface area (Å²) in [5.41, 5.74) is 2.29. The molecule has 3 rings (SSSR count). The van der Waals surface area contributed by atoms with Crippen LogP contribution in [0, 0.1) is 0 Å². The Hall–Kier alpha value is -1.97. The molecule has 106 valence electrons. The van der Waals surface area contributed by atoms with E-state index < -0.39 is 0 Å². The van der Waals surface area contributed by atoms with Crippen molar-refractivity contribution >= 4 is 45.7 Å². The lowest BCUT2D eigenvalue weighted by Gasteiger charge is -2.07. The number of nitrogens with zero attached hydrogens (tertiary/aromatic N) is 1. The number of nitrogens with one attached hydrogen (secondary N) is 1. The highest BCUT2D eigenvalue weighted by atomic mass is 35.5. The third-order valence-electron chi connectivity index (χ3n) is 3.32. The maximum atomic E-state index is 12.3. The zero-order valence-electron chi connectivity index (χ0n) is 11.2. The van der Waals surface area contributed by atoms with Crippen LogP contribution in [0.15, 0.2) is 48.7 Å². The van der Waals surface area contributed by atoms with Gasteiger partial charge in [-0.05, 0) is 42.5 Å². The number of aromatic nitrogens is 1. The van der Waals surface area contributed by atoms with Crippen LogP contribution in [0.3, 0.4) is 0 Å². The van der Waals surface area contributed by atoms with Crippen molar-refractivity contribution < 1.29 is 4.79 Å². The van der Waals surface area contributed by atoms with Crippen molar-refractivity contribution in [1.29, 1.82) is 0 Å². The van der Waals surface area contributed by atoms with Gasteiger partial charge in [0.25, 0.3) is 5.91 Å². The van der Waals surface area contributed by atoms with E-state index in [1.807, 2.05) is 36.0 Å². The minimum Gasteiger partial charge on any atom is -0.351 e. The van der Waals surface area contributed by atoms with Gasteiger partial charge in [-0.1, -0.05) is 23.2 Å². The predicted octanol–water partition coefficient (Wildman–Crippen LogP) is 4.74. The lowest BCUT2D eigenvalue weighted by atomic mass is 10.1. The molecule has 5 heteroatoms. The standard InChI is InChI=1S/C16H12Cl2N2O/c1-20-7-6-10-8-11(2-5-15(10)20)16(21)19-12-3-4-13(17)14(18)9-12/h2-9H,1H3,(H,19,21). The van der Waals surface area contributed by atoms with Gasteiger partial charge in [-0.15, -0.1) is 0 Å². The van der Waals surface area contributed by atoms with E-state index in [1.54, 1.807) is 24.3 Å². The molecule has 21 heavy (non-hydrogen) atoms. The Morgan fingerprint density at radius 2 is 1.86 bits per heavy atom. The normalized spacial score (nSPS) is 10.8. The van der Waals surface area contributed by atoms with Crippen LogP contribution in [0.5, 0.6) is 0 Å². The molecule has 3 nitrogen and oxygen atoms in total. The van der Waals surface area contributed by atoms with Crippen molar-refractivity contribution in [2.75, 3.05) is 5.32 Å². The van der Waals surface area contributed by atoms with Crippen LogP contribution in [0.1, 0.15) is 10.4 Å². The number of rotatable bonds is 2. The topological polar surface area (TPSA) is 34.0 Å². The lowest BCUT2D eigenvalue weighted by Crippen LogP contribution is -2.11. The Balaban J connectivity index is 1.87.